The highest BCUT2D eigenvalue weighted by Crippen LogP contribution is 2.09. The lowest BCUT2D eigenvalue weighted by atomic mass is 9.99. The SMILES string of the molecule is O=C(O)[C@H]1NCCC(O)C1O. The van der Waals surface area contributed by atoms with Gasteiger partial charge in [-0.05, 0) is 13.0 Å². The molecule has 0 radical (unpaired) electrons. The molecule has 1 fully saturated rings. The molecule has 1 aliphatic heterocycles. The molecular formula is C6H11NO4. The fourth-order valence-electron chi connectivity index (χ4n) is 1.13. The Hall–Kier alpha value is -0.650. The summed E-state index contributed by atoms with van der Waals surface area (Å²) in [6.07, 6.45) is -1.72. The Balaban J connectivity index is 2.58. The number of carboxylic acids is 1. The van der Waals surface area contributed by atoms with E-state index in [0.29, 0.717) is 13.0 Å². The molecule has 2 unspecified atom stereocenters. The Morgan fingerprint density at radius 1 is 1.45 bits per heavy atom. The molecule has 1 saturated heterocycles. The number of hydrogen-bond donors (Lipinski definition) is 4. The average molecular weight is 161 g/mol. The largest absolute Gasteiger partial charge is 0.480 e. The van der Waals surface area contributed by atoms with Gasteiger partial charge in [0, 0.05) is 0 Å². The van der Waals surface area contributed by atoms with Crippen molar-refractivity contribution in [3.8, 4) is 0 Å². The van der Waals surface area contributed by atoms with Crippen molar-refractivity contribution in [2.75, 3.05) is 6.54 Å². The topological polar surface area (TPSA) is 89.8 Å². The summed E-state index contributed by atoms with van der Waals surface area (Å²) in [5.74, 6) is -1.13. The molecule has 11 heavy (non-hydrogen) atoms. The first-order valence-electron chi connectivity index (χ1n) is 3.45. The maximum atomic E-state index is 10.4. The number of aliphatic carboxylic acids is 1. The molecule has 0 amide bonds. The van der Waals surface area contributed by atoms with Crippen LogP contribution in [-0.2, 0) is 4.79 Å². The zero-order chi connectivity index (χ0) is 8.43. The van der Waals surface area contributed by atoms with Gasteiger partial charge in [0.2, 0.25) is 0 Å². The van der Waals surface area contributed by atoms with E-state index in [1.165, 1.54) is 0 Å². The summed E-state index contributed by atoms with van der Waals surface area (Å²) in [7, 11) is 0. The molecule has 64 valence electrons. The van der Waals surface area contributed by atoms with Gasteiger partial charge in [0.05, 0.1) is 6.10 Å². The van der Waals surface area contributed by atoms with Gasteiger partial charge >= 0.3 is 5.97 Å². The molecule has 1 rings (SSSR count). The van der Waals surface area contributed by atoms with Crippen LogP contribution in [0.25, 0.3) is 0 Å². The molecule has 0 aromatic carbocycles. The number of nitrogens with one attached hydrogen (secondary N) is 1. The number of aliphatic hydroxyl groups is 2. The van der Waals surface area contributed by atoms with Gasteiger partial charge < -0.3 is 20.6 Å². The zero-order valence-corrected chi connectivity index (χ0v) is 5.90. The van der Waals surface area contributed by atoms with E-state index in [1.807, 2.05) is 0 Å². The maximum absolute atomic E-state index is 10.4. The molecule has 5 heteroatoms. The molecule has 0 bridgehead atoms. The summed E-state index contributed by atoms with van der Waals surface area (Å²) in [4.78, 5) is 10.4. The second kappa shape index (κ2) is 3.17. The summed E-state index contributed by atoms with van der Waals surface area (Å²) < 4.78 is 0. The molecule has 3 atom stereocenters. The maximum Gasteiger partial charge on any atom is 0.323 e. The van der Waals surface area contributed by atoms with Crippen molar-refractivity contribution in [1.82, 2.24) is 5.32 Å². The van der Waals surface area contributed by atoms with E-state index >= 15 is 0 Å². The number of hydrogen-bond acceptors (Lipinski definition) is 4. The smallest absolute Gasteiger partial charge is 0.323 e. The summed E-state index contributed by atoms with van der Waals surface area (Å²) in [5.41, 5.74) is 0. The highest BCUT2D eigenvalue weighted by molar-refractivity contribution is 5.74. The van der Waals surface area contributed by atoms with Crippen molar-refractivity contribution in [2.24, 2.45) is 0 Å². The third-order valence-corrected chi connectivity index (χ3v) is 1.81. The van der Waals surface area contributed by atoms with Crippen LogP contribution in [0.5, 0.6) is 0 Å². The van der Waals surface area contributed by atoms with Crippen LogP contribution in [0.1, 0.15) is 6.42 Å². The van der Waals surface area contributed by atoms with Gasteiger partial charge in [-0.2, -0.15) is 0 Å². The lowest BCUT2D eigenvalue weighted by molar-refractivity contribution is -0.147. The highest BCUT2D eigenvalue weighted by Gasteiger charge is 2.34. The molecule has 0 aromatic heterocycles. The second-order valence-electron chi connectivity index (χ2n) is 2.62. The van der Waals surface area contributed by atoms with Gasteiger partial charge in [-0.15, -0.1) is 0 Å². The fraction of sp³-hybridized carbons (Fsp3) is 0.833. The predicted molar refractivity (Wildman–Crippen MR) is 36.1 cm³/mol. The minimum atomic E-state index is -1.19. The standard InChI is InChI=1S/C6H11NO4/c8-3-1-2-7-4(5(3)9)6(10)11/h3-5,7-9H,1-2H2,(H,10,11)/t3?,4-,5?/m0/s1. The van der Waals surface area contributed by atoms with Crippen molar-refractivity contribution in [2.45, 2.75) is 24.7 Å². The van der Waals surface area contributed by atoms with E-state index in [1.54, 1.807) is 0 Å². The number of aliphatic hydroxyl groups excluding tert-OH is 2. The lowest BCUT2D eigenvalue weighted by Crippen LogP contribution is -2.56. The molecule has 5 nitrogen and oxygen atoms in total. The third-order valence-electron chi connectivity index (χ3n) is 1.81. The van der Waals surface area contributed by atoms with Crippen molar-refractivity contribution < 1.29 is 20.1 Å². The van der Waals surface area contributed by atoms with Gasteiger partial charge in [-0.25, -0.2) is 0 Å². The Morgan fingerprint density at radius 3 is 2.55 bits per heavy atom. The number of piperidine rings is 1. The van der Waals surface area contributed by atoms with E-state index in [2.05, 4.69) is 5.32 Å². The Bertz CT molecular complexity index is 161. The normalized spacial score (nSPS) is 38.5. The van der Waals surface area contributed by atoms with Gasteiger partial charge in [-0.3, -0.25) is 4.79 Å². The second-order valence-corrected chi connectivity index (χ2v) is 2.62. The Labute approximate surface area is 63.7 Å². The number of rotatable bonds is 1. The van der Waals surface area contributed by atoms with Crippen LogP contribution in [0, 0.1) is 0 Å². The van der Waals surface area contributed by atoms with E-state index in [0.717, 1.165) is 0 Å². The van der Waals surface area contributed by atoms with Gasteiger partial charge in [0.15, 0.2) is 0 Å². The van der Waals surface area contributed by atoms with Gasteiger partial charge in [0.25, 0.3) is 0 Å². The molecular weight excluding hydrogens is 150 g/mol. The predicted octanol–water partition coefficient (Wildman–Crippen LogP) is -1.85. The first-order chi connectivity index (χ1) is 5.13. The lowest BCUT2D eigenvalue weighted by Gasteiger charge is -2.29. The quantitative estimate of drug-likeness (QED) is 0.362. The van der Waals surface area contributed by atoms with Crippen LogP contribution in [-0.4, -0.2) is 46.1 Å². The number of carboxylic acid groups (broad SMARTS) is 1. The van der Waals surface area contributed by atoms with E-state index < -0.39 is 24.2 Å². The molecule has 0 aliphatic carbocycles. The zero-order valence-electron chi connectivity index (χ0n) is 5.90. The highest BCUT2D eigenvalue weighted by atomic mass is 16.4. The van der Waals surface area contributed by atoms with Crippen molar-refractivity contribution in [1.29, 1.82) is 0 Å². The van der Waals surface area contributed by atoms with Crippen molar-refractivity contribution in [3.63, 3.8) is 0 Å². The van der Waals surface area contributed by atoms with Crippen molar-refractivity contribution in [3.05, 3.63) is 0 Å². The summed E-state index contributed by atoms with van der Waals surface area (Å²) in [6.45, 7) is 0.426. The minimum absolute atomic E-state index is 0.394. The van der Waals surface area contributed by atoms with E-state index in [9.17, 15) is 4.79 Å². The number of carbonyl (C=O) groups is 1. The molecule has 0 saturated carbocycles. The fourth-order valence-corrected chi connectivity index (χ4v) is 1.13. The van der Waals surface area contributed by atoms with Crippen LogP contribution in [0.3, 0.4) is 0 Å². The van der Waals surface area contributed by atoms with Gasteiger partial charge in [0.1, 0.15) is 12.1 Å². The van der Waals surface area contributed by atoms with Gasteiger partial charge in [-0.1, -0.05) is 0 Å². The van der Waals surface area contributed by atoms with Crippen molar-refractivity contribution >= 4 is 5.97 Å². The Morgan fingerprint density at radius 2 is 2.09 bits per heavy atom. The summed E-state index contributed by atoms with van der Waals surface area (Å²) in [6, 6.07) is -1.03. The molecule has 4 N–H and O–H groups in total. The van der Waals surface area contributed by atoms with Crippen LogP contribution in [0.4, 0.5) is 0 Å². The van der Waals surface area contributed by atoms with Crippen LogP contribution >= 0.6 is 0 Å². The van der Waals surface area contributed by atoms with Crippen LogP contribution < -0.4 is 5.32 Å². The van der Waals surface area contributed by atoms with Crippen LogP contribution in [0.15, 0.2) is 0 Å². The minimum Gasteiger partial charge on any atom is -0.480 e. The first kappa shape index (κ1) is 8.45. The van der Waals surface area contributed by atoms with E-state index in [-0.39, 0.29) is 0 Å². The molecule has 0 aromatic rings. The summed E-state index contributed by atoms with van der Waals surface area (Å²) >= 11 is 0. The Kier molecular flexibility index (Phi) is 2.43. The monoisotopic (exact) mass is 161 g/mol. The molecule has 1 heterocycles. The summed E-state index contributed by atoms with van der Waals surface area (Å²) in [5, 5.41) is 29.2. The molecule has 1 aliphatic rings. The van der Waals surface area contributed by atoms with E-state index in [4.69, 9.17) is 15.3 Å². The third kappa shape index (κ3) is 1.68. The first-order valence-corrected chi connectivity index (χ1v) is 3.45. The van der Waals surface area contributed by atoms with Crippen LogP contribution in [0.2, 0.25) is 0 Å². The molecule has 0 spiro atoms. The average Bonchev–Trinajstić information content (AvgIpc) is 1.94.